The van der Waals surface area contributed by atoms with Crippen molar-refractivity contribution in [3.63, 3.8) is 0 Å². The van der Waals surface area contributed by atoms with E-state index in [-0.39, 0.29) is 30.7 Å². The maximum atomic E-state index is 13.0. The van der Waals surface area contributed by atoms with Crippen LogP contribution in [0.3, 0.4) is 0 Å². The molecule has 1 heterocycles. The van der Waals surface area contributed by atoms with Crippen LogP contribution in [0, 0.1) is 11.7 Å². The maximum Gasteiger partial charge on any atom is 0.123 e. The van der Waals surface area contributed by atoms with Gasteiger partial charge in [-0.05, 0) is 61.7 Å². The van der Waals surface area contributed by atoms with Gasteiger partial charge in [-0.3, -0.25) is 0 Å². The fourth-order valence-corrected chi connectivity index (χ4v) is 3.62. The van der Waals surface area contributed by atoms with E-state index < -0.39 is 12.2 Å². The molecule has 0 radical (unpaired) electrons. The highest BCUT2D eigenvalue weighted by Crippen LogP contribution is 2.30. The monoisotopic (exact) mass is 425 g/mol. The first kappa shape index (κ1) is 23.4. The summed E-state index contributed by atoms with van der Waals surface area (Å²) in [5.74, 6) is 1.23. The third-order valence-electron chi connectivity index (χ3n) is 5.24. The number of β-amino-alcohol motifs (C(OH)–C–C–N with tert-alkyl or cyclic N) is 1. The molecule has 0 bridgehead atoms. The molecule has 160 valence electrons. The number of ether oxygens (including phenoxy) is 2. The van der Waals surface area contributed by atoms with Crippen LogP contribution in [0.25, 0.3) is 0 Å². The first-order valence-corrected chi connectivity index (χ1v) is 9.66. The number of nitrogens with zero attached hydrogens (tertiary/aromatic N) is 1. The van der Waals surface area contributed by atoms with Crippen molar-refractivity contribution < 1.29 is 24.1 Å². The summed E-state index contributed by atoms with van der Waals surface area (Å²) in [6.45, 7) is 2.35. The number of aliphatic hydroxyl groups is 2. The second kappa shape index (κ2) is 11.4. The Hall–Kier alpha value is -1.86. The molecule has 1 saturated heterocycles. The molecule has 2 aromatic rings. The average molecular weight is 426 g/mol. The van der Waals surface area contributed by atoms with Crippen LogP contribution in [0.4, 0.5) is 4.39 Å². The van der Waals surface area contributed by atoms with Crippen molar-refractivity contribution >= 4 is 12.4 Å². The molecule has 1 aliphatic heterocycles. The number of piperidine rings is 1. The molecule has 1 aliphatic rings. The van der Waals surface area contributed by atoms with E-state index in [2.05, 4.69) is 4.90 Å². The second-order valence-electron chi connectivity index (χ2n) is 7.28. The van der Waals surface area contributed by atoms with Gasteiger partial charge in [-0.2, -0.15) is 0 Å². The number of likely N-dealkylation sites (tertiary alicyclic amines) is 1. The minimum Gasteiger partial charge on any atom is -0.497 e. The Morgan fingerprint density at radius 1 is 1.07 bits per heavy atom. The quantitative estimate of drug-likeness (QED) is 0.678. The Kier molecular flexibility index (Phi) is 9.17. The standard InChI is InChI=1S/C22H28FNO4.ClH/c1-27-20-3-2-4-21(13-20)28-15-19(25)14-24-11-9-17(10-12-24)22(26)16-5-7-18(23)8-6-16;/h2-8,13,17,19,22,25-26H,9-12,14-15H2,1H3;1H. The molecule has 2 N–H and O–H groups in total. The summed E-state index contributed by atoms with van der Waals surface area (Å²) >= 11 is 0. The van der Waals surface area contributed by atoms with Gasteiger partial charge in [-0.25, -0.2) is 4.39 Å². The van der Waals surface area contributed by atoms with Crippen LogP contribution >= 0.6 is 12.4 Å². The van der Waals surface area contributed by atoms with Gasteiger partial charge >= 0.3 is 0 Å². The summed E-state index contributed by atoms with van der Waals surface area (Å²) in [6.07, 6.45) is 0.498. The highest BCUT2D eigenvalue weighted by molar-refractivity contribution is 5.85. The van der Waals surface area contributed by atoms with Crippen LogP contribution in [-0.4, -0.2) is 54.6 Å². The molecule has 0 aliphatic carbocycles. The Morgan fingerprint density at radius 3 is 2.38 bits per heavy atom. The highest BCUT2D eigenvalue weighted by Gasteiger charge is 2.27. The normalized spacial score (nSPS) is 17.2. The van der Waals surface area contributed by atoms with Gasteiger partial charge in [0, 0.05) is 12.6 Å². The lowest BCUT2D eigenvalue weighted by molar-refractivity contribution is 0.0278. The molecule has 3 rings (SSSR count). The Labute approximate surface area is 177 Å². The zero-order valence-corrected chi connectivity index (χ0v) is 17.4. The predicted octanol–water partition coefficient (Wildman–Crippen LogP) is 3.44. The van der Waals surface area contributed by atoms with Crippen molar-refractivity contribution in [2.45, 2.75) is 25.0 Å². The minimum absolute atomic E-state index is 0. The minimum atomic E-state index is -0.593. The van der Waals surface area contributed by atoms with Gasteiger partial charge in [0.05, 0.1) is 13.2 Å². The van der Waals surface area contributed by atoms with E-state index in [1.807, 2.05) is 18.2 Å². The van der Waals surface area contributed by atoms with Gasteiger partial charge in [-0.15, -0.1) is 12.4 Å². The maximum absolute atomic E-state index is 13.0. The summed E-state index contributed by atoms with van der Waals surface area (Å²) in [6, 6.07) is 13.4. The van der Waals surface area contributed by atoms with Gasteiger partial charge in [0.15, 0.2) is 0 Å². The SMILES string of the molecule is COc1cccc(OCC(O)CN2CCC(C(O)c3ccc(F)cc3)CC2)c1.Cl. The van der Waals surface area contributed by atoms with E-state index in [1.165, 1.54) is 12.1 Å². The fraction of sp³-hybridized carbons (Fsp3) is 0.455. The first-order valence-electron chi connectivity index (χ1n) is 9.66. The fourth-order valence-electron chi connectivity index (χ4n) is 3.62. The van der Waals surface area contributed by atoms with Crippen LogP contribution in [0.5, 0.6) is 11.5 Å². The summed E-state index contributed by atoms with van der Waals surface area (Å²) in [5, 5.41) is 20.8. The summed E-state index contributed by atoms with van der Waals surface area (Å²) < 4.78 is 23.9. The largest absolute Gasteiger partial charge is 0.497 e. The molecule has 7 heteroatoms. The predicted molar refractivity (Wildman–Crippen MR) is 112 cm³/mol. The molecule has 1 fully saturated rings. The molecule has 0 spiro atoms. The Morgan fingerprint density at radius 2 is 1.72 bits per heavy atom. The molecule has 0 saturated carbocycles. The van der Waals surface area contributed by atoms with Crippen molar-refractivity contribution in [2.24, 2.45) is 5.92 Å². The van der Waals surface area contributed by atoms with Crippen LogP contribution in [0.15, 0.2) is 48.5 Å². The van der Waals surface area contributed by atoms with E-state index in [0.29, 0.717) is 18.0 Å². The number of hydrogen-bond acceptors (Lipinski definition) is 5. The molecule has 29 heavy (non-hydrogen) atoms. The Balaban J connectivity index is 0.00000300. The lowest BCUT2D eigenvalue weighted by Crippen LogP contribution is -2.41. The molecular weight excluding hydrogens is 397 g/mol. The molecule has 0 aromatic heterocycles. The zero-order valence-electron chi connectivity index (χ0n) is 16.5. The van der Waals surface area contributed by atoms with Crippen LogP contribution in [0.1, 0.15) is 24.5 Å². The van der Waals surface area contributed by atoms with Gasteiger partial charge in [0.2, 0.25) is 0 Å². The van der Waals surface area contributed by atoms with E-state index >= 15 is 0 Å². The first-order chi connectivity index (χ1) is 13.5. The summed E-state index contributed by atoms with van der Waals surface area (Å²) in [5.41, 5.74) is 0.756. The van der Waals surface area contributed by atoms with Crippen LogP contribution in [0.2, 0.25) is 0 Å². The zero-order chi connectivity index (χ0) is 19.9. The number of halogens is 2. The van der Waals surface area contributed by atoms with E-state index in [0.717, 1.165) is 31.5 Å². The van der Waals surface area contributed by atoms with Gasteiger partial charge in [0.25, 0.3) is 0 Å². The van der Waals surface area contributed by atoms with Gasteiger partial charge in [-0.1, -0.05) is 18.2 Å². The summed E-state index contributed by atoms with van der Waals surface area (Å²) in [4.78, 5) is 2.19. The van der Waals surface area contributed by atoms with Crippen molar-refractivity contribution in [3.05, 3.63) is 59.9 Å². The molecule has 0 amide bonds. The van der Waals surface area contributed by atoms with Crippen molar-refractivity contribution in [2.75, 3.05) is 33.4 Å². The highest BCUT2D eigenvalue weighted by atomic mass is 35.5. The second-order valence-corrected chi connectivity index (χ2v) is 7.28. The number of aliphatic hydroxyl groups excluding tert-OH is 2. The summed E-state index contributed by atoms with van der Waals surface area (Å²) in [7, 11) is 1.60. The van der Waals surface area contributed by atoms with Crippen LogP contribution < -0.4 is 9.47 Å². The number of methoxy groups -OCH3 is 1. The molecule has 2 aromatic carbocycles. The third-order valence-corrected chi connectivity index (χ3v) is 5.24. The topological polar surface area (TPSA) is 62.2 Å². The third kappa shape index (κ3) is 6.85. The van der Waals surface area contributed by atoms with Gasteiger partial charge in [0.1, 0.15) is 30.0 Å². The lowest BCUT2D eigenvalue weighted by Gasteiger charge is -2.35. The smallest absolute Gasteiger partial charge is 0.123 e. The lowest BCUT2D eigenvalue weighted by atomic mass is 9.87. The van der Waals surface area contributed by atoms with E-state index in [1.54, 1.807) is 25.3 Å². The molecular formula is C22H29ClFNO4. The molecule has 2 unspecified atom stereocenters. The number of benzene rings is 2. The van der Waals surface area contributed by atoms with E-state index in [9.17, 15) is 14.6 Å². The van der Waals surface area contributed by atoms with Crippen LogP contribution in [-0.2, 0) is 0 Å². The van der Waals surface area contributed by atoms with Crippen molar-refractivity contribution in [1.82, 2.24) is 4.90 Å². The van der Waals surface area contributed by atoms with Crippen molar-refractivity contribution in [1.29, 1.82) is 0 Å². The van der Waals surface area contributed by atoms with E-state index in [4.69, 9.17) is 9.47 Å². The number of hydrogen-bond donors (Lipinski definition) is 2. The Bertz CT molecular complexity index is 738. The molecule has 5 nitrogen and oxygen atoms in total. The number of rotatable bonds is 8. The van der Waals surface area contributed by atoms with Crippen molar-refractivity contribution in [3.8, 4) is 11.5 Å². The van der Waals surface area contributed by atoms with Gasteiger partial charge < -0.3 is 24.6 Å². The average Bonchev–Trinajstić information content (AvgIpc) is 2.73. The molecule has 2 atom stereocenters.